The summed E-state index contributed by atoms with van der Waals surface area (Å²) in [5, 5.41) is 3.13. The van der Waals surface area contributed by atoms with Gasteiger partial charge in [-0.2, -0.15) is 15.0 Å². The normalized spacial score (nSPS) is 10.5. The van der Waals surface area contributed by atoms with Crippen molar-refractivity contribution in [3.8, 4) is 0 Å². The summed E-state index contributed by atoms with van der Waals surface area (Å²) in [6, 6.07) is 0. The zero-order chi connectivity index (χ0) is 15.5. The second-order valence-corrected chi connectivity index (χ2v) is 4.49. The molecule has 8 heteroatoms. The molecule has 4 N–H and O–H groups in total. The molecule has 0 aromatic carbocycles. The van der Waals surface area contributed by atoms with Gasteiger partial charge in [0.25, 0.3) is 0 Å². The van der Waals surface area contributed by atoms with Crippen LogP contribution in [0.3, 0.4) is 0 Å². The topological polar surface area (TPSA) is 101 Å². The first-order chi connectivity index (χ1) is 10.2. The molecule has 1 aromatic heterocycles. The van der Waals surface area contributed by atoms with Crippen LogP contribution in [-0.4, -0.2) is 47.8 Å². The Hall–Kier alpha value is -1.67. The van der Waals surface area contributed by atoms with Crippen molar-refractivity contribution < 1.29 is 4.74 Å². The molecule has 0 amide bonds. The Balaban J connectivity index is 2.58. The maximum absolute atomic E-state index is 5.49. The highest BCUT2D eigenvalue weighted by atomic mass is 16.5. The van der Waals surface area contributed by atoms with E-state index in [2.05, 4.69) is 46.5 Å². The largest absolute Gasteiger partial charge is 0.380 e. The van der Waals surface area contributed by atoms with Crippen LogP contribution in [0.5, 0.6) is 0 Å². The van der Waals surface area contributed by atoms with Crippen molar-refractivity contribution in [1.82, 2.24) is 15.0 Å². The molecule has 0 spiro atoms. The summed E-state index contributed by atoms with van der Waals surface area (Å²) in [7, 11) is 0. The molecule has 21 heavy (non-hydrogen) atoms. The van der Waals surface area contributed by atoms with E-state index in [1.807, 2.05) is 4.90 Å². The van der Waals surface area contributed by atoms with Crippen molar-refractivity contribution in [2.45, 2.75) is 33.6 Å². The third-order valence-electron chi connectivity index (χ3n) is 2.97. The predicted molar refractivity (Wildman–Crippen MR) is 85.4 cm³/mol. The van der Waals surface area contributed by atoms with Crippen molar-refractivity contribution in [3.63, 3.8) is 0 Å². The van der Waals surface area contributed by atoms with E-state index in [-0.39, 0.29) is 0 Å². The van der Waals surface area contributed by atoms with Gasteiger partial charge in [-0.1, -0.05) is 13.3 Å². The van der Waals surface area contributed by atoms with E-state index in [4.69, 9.17) is 10.6 Å². The Kier molecular flexibility index (Phi) is 8.37. The van der Waals surface area contributed by atoms with Crippen LogP contribution in [0.4, 0.5) is 17.8 Å². The van der Waals surface area contributed by atoms with Gasteiger partial charge < -0.3 is 15.0 Å². The molecular weight excluding hydrogens is 270 g/mol. The number of anilines is 3. The molecular formula is C13H27N7O. The van der Waals surface area contributed by atoms with Gasteiger partial charge in [-0.15, -0.1) is 0 Å². The summed E-state index contributed by atoms with van der Waals surface area (Å²) in [4.78, 5) is 14.9. The van der Waals surface area contributed by atoms with Gasteiger partial charge in [-0.3, -0.25) is 5.43 Å². The molecule has 0 unspecified atom stereocenters. The number of hydrazine groups is 1. The molecule has 1 aromatic rings. The maximum Gasteiger partial charge on any atom is 0.243 e. The highest BCUT2D eigenvalue weighted by Gasteiger charge is 2.10. The summed E-state index contributed by atoms with van der Waals surface area (Å²) in [5.74, 6) is 6.86. The summed E-state index contributed by atoms with van der Waals surface area (Å²) in [6.07, 6.45) is 2.22. The first kappa shape index (κ1) is 17.4. The maximum atomic E-state index is 5.49. The molecule has 0 bridgehead atoms. The minimum atomic E-state index is 0.348. The zero-order valence-electron chi connectivity index (χ0n) is 13.2. The lowest BCUT2D eigenvalue weighted by atomic mass is 10.4. The third-order valence-corrected chi connectivity index (χ3v) is 2.97. The van der Waals surface area contributed by atoms with Crippen molar-refractivity contribution in [2.24, 2.45) is 5.84 Å². The van der Waals surface area contributed by atoms with Crippen molar-refractivity contribution in [2.75, 3.05) is 48.5 Å². The van der Waals surface area contributed by atoms with Gasteiger partial charge in [0.1, 0.15) is 0 Å². The van der Waals surface area contributed by atoms with Crippen molar-refractivity contribution in [1.29, 1.82) is 0 Å². The molecule has 1 rings (SSSR count). The number of ether oxygens (including phenoxy) is 1. The number of rotatable bonds is 11. The lowest BCUT2D eigenvalue weighted by Gasteiger charge is -2.19. The smallest absolute Gasteiger partial charge is 0.243 e. The molecule has 0 radical (unpaired) electrons. The average molecular weight is 297 g/mol. The molecule has 0 aliphatic rings. The quantitative estimate of drug-likeness (QED) is 0.318. The highest BCUT2D eigenvalue weighted by molar-refractivity contribution is 5.43. The van der Waals surface area contributed by atoms with E-state index < -0.39 is 0 Å². The summed E-state index contributed by atoms with van der Waals surface area (Å²) in [5.41, 5.74) is 2.47. The molecule has 0 saturated carbocycles. The fourth-order valence-electron chi connectivity index (χ4n) is 1.74. The van der Waals surface area contributed by atoms with Gasteiger partial charge in [0.05, 0.1) is 6.61 Å². The first-order valence-electron chi connectivity index (χ1n) is 7.54. The van der Waals surface area contributed by atoms with E-state index in [0.717, 1.165) is 32.5 Å². The summed E-state index contributed by atoms with van der Waals surface area (Å²) in [6.45, 7) is 9.95. The van der Waals surface area contributed by atoms with Crippen LogP contribution in [0.25, 0.3) is 0 Å². The van der Waals surface area contributed by atoms with Gasteiger partial charge in [0, 0.05) is 26.2 Å². The molecule has 8 nitrogen and oxygen atoms in total. The number of nitrogens with zero attached hydrogens (tertiary/aromatic N) is 4. The van der Waals surface area contributed by atoms with Crippen LogP contribution in [0.2, 0.25) is 0 Å². The number of hydrogen-bond acceptors (Lipinski definition) is 8. The SMILES string of the molecule is CCCCOCCNc1nc(NN)nc(N(CC)CC)n1. The predicted octanol–water partition coefficient (Wildman–Crippen LogP) is 1.23. The average Bonchev–Trinajstić information content (AvgIpc) is 2.51. The fourth-order valence-corrected chi connectivity index (χ4v) is 1.74. The van der Waals surface area contributed by atoms with Crippen LogP contribution in [0, 0.1) is 0 Å². The highest BCUT2D eigenvalue weighted by Crippen LogP contribution is 2.12. The van der Waals surface area contributed by atoms with Gasteiger partial charge in [0.2, 0.25) is 17.8 Å². The standard InChI is InChI=1S/C13H27N7O/c1-4-7-9-21-10-8-15-11-16-12(19-14)18-13(17-11)20(5-2)6-3/h4-10,14H2,1-3H3,(H2,15,16,17,18,19). The van der Waals surface area contributed by atoms with Crippen LogP contribution in [-0.2, 0) is 4.74 Å². The molecule has 0 aliphatic heterocycles. The monoisotopic (exact) mass is 297 g/mol. The number of nitrogens with one attached hydrogen (secondary N) is 2. The van der Waals surface area contributed by atoms with Gasteiger partial charge in [-0.25, -0.2) is 5.84 Å². The second kappa shape index (κ2) is 10.1. The minimum Gasteiger partial charge on any atom is -0.380 e. The molecule has 0 saturated heterocycles. The molecule has 0 aliphatic carbocycles. The number of hydrogen-bond donors (Lipinski definition) is 3. The minimum absolute atomic E-state index is 0.348. The lowest BCUT2D eigenvalue weighted by molar-refractivity contribution is 0.141. The Morgan fingerprint density at radius 3 is 2.38 bits per heavy atom. The van der Waals surface area contributed by atoms with E-state index in [1.165, 1.54) is 0 Å². The van der Waals surface area contributed by atoms with Gasteiger partial charge in [-0.05, 0) is 20.3 Å². The number of unbranched alkanes of at least 4 members (excludes halogenated alkanes) is 1. The van der Waals surface area contributed by atoms with E-state index in [0.29, 0.717) is 31.0 Å². The van der Waals surface area contributed by atoms with Crippen molar-refractivity contribution in [3.05, 3.63) is 0 Å². The van der Waals surface area contributed by atoms with Gasteiger partial charge in [0.15, 0.2) is 0 Å². The first-order valence-corrected chi connectivity index (χ1v) is 7.54. The van der Waals surface area contributed by atoms with E-state index >= 15 is 0 Å². The number of nitrogen functional groups attached to an aromatic ring is 1. The van der Waals surface area contributed by atoms with E-state index in [1.54, 1.807) is 0 Å². The Morgan fingerprint density at radius 1 is 1.05 bits per heavy atom. The van der Waals surface area contributed by atoms with Crippen LogP contribution < -0.4 is 21.5 Å². The van der Waals surface area contributed by atoms with Crippen LogP contribution in [0.1, 0.15) is 33.6 Å². The molecule has 0 atom stereocenters. The Morgan fingerprint density at radius 2 is 1.76 bits per heavy atom. The van der Waals surface area contributed by atoms with Gasteiger partial charge >= 0.3 is 0 Å². The molecule has 1 heterocycles. The van der Waals surface area contributed by atoms with Crippen LogP contribution in [0.15, 0.2) is 0 Å². The number of nitrogens with two attached hydrogens (primary N) is 1. The van der Waals surface area contributed by atoms with Crippen LogP contribution >= 0.6 is 0 Å². The lowest BCUT2D eigenvalue weighted by Crippen LogP contribution is -2.26. The third kappa shape index (κ3) is 6.09. The number of aromatic nitrogens is 3. The fraction of sp³-hybridized carbons (Fsp3) is 0.769. The molecule has 120 valence electrons. The zero-order valence-corrected chi connectivity index (χ0v) is 13.2. The van der Waals surface area contributed by atoms with Crippen molar-refractivity contribution >= 4 is 17.8 Å². The molecule has 0 fully saturated rings. The Bertz CT molecular complexity index is 398. The summed E-state index contributed by atoms with van der Waals surface area (Å²) >= 11 is 0. The summed E-state index contributed by atoms with van der Waals surface area (Å²) < 4.78 is 5.49. The Labute approximate surface area is 126 Å². The second-order valence-electron chi connectivity index (χ2n) is 4.49. The van der Waals surface area contributed by atoms with E-state index in [9.17, 15) is 0 Å².